The molecular formula is C14H18N5O9PS2. The van der Waals surface area contributed by atoms with Gasteiger partial charge in [0.2, 0.25) is 5.95 Å². The first kappa shape index (κ1) is 22.4. The number of nitrogens with one attached hydrogen (secondary N) is 1. The zero-order valence-electron chi connectivity index (χ0n) is 15.7. The van der Waals surface area contributed by atoms with E-state index in [0.29, 0.717) is 0 Å². The lowest BCUT2D eigenvalue weighted by atomic mass is 10.1. The van der Waals surface area contributed by atoms with Gasteiger partial charge in [-0.3, -0.25) is 23.4 Å². The Kier molecular flexibility index (Phi) is 5.76. The van der Waals surface area contributed by atoms with E-state index in [1.165, 1.54) is 4.57 Å². The van der Waals surface area contributed by atoms with Gasteiger partial charge in [0.25, 0.3) is 5.56 Å². The van der Waals surface area contributed by atoms with Crippen LogP contribution in [0.5, 0.6) is 0 Å². The maximum absolute atomic E-state index is 12.3. The molecule has 0 saturated carbocycles. The normalized spacial score (nSPS) is 31.0. The maximum atomic E-state index is 12.3. The number of H-pyrrole nitrogens is 1. The fourth-order valence-corrected chi connectivity index (χ4v) is 6.25. The number of nitrogens with zero attached hydrogens (tertiary/aromatic N) is 3. The van der Waals surface area contributed by atoms with Gasteiger partial charge >= 0.3 is 7.82 Å². The van der Waals surface area contributed by atoms with E-state index in [2.05, 4.69) is 21.5 Å². The molecule has 2 aliphatic rings. The molecule has 0 amide bonds. The number of sulfone groups is 1. The first-order valence-corrected chi connectivity index (χ1v) is 13.0. The summed E-state index contributed by atoms with van der Waals surface area (Å²) in [6, 6.07) is 0. The number of nitrogen functional groups attached to an aromatic ring is 1. The van der Waals surface area contributed by atoms with Crippen molar-refractivity contribution < 1.29 is 36.8 Å². The predicted octanol–water partition coefficient (Wildman–Crippen LogP) is -0.874. The number of aromatic nitrogens is 4. The van der Waals surface area contributed by atoms with Gasteiger partial charge in [-0.25, -0.2) is 18.0 Å². The molecule has 1 unspecified atom stereocenters. The number of nitrogens with two attached hydrogens (primary N) is 1. The summed E-state index contributed by atoms with van der Waals surface area (Å²) < 4.78 is 51.8. The van der Waals surface area contributed by atoms with E-state index in [1.807, 2.05) is 0 Å². The fraction of sp³-hybridized carbons (Fsp3) is 0.500. The molecule has 4 rings (SSSR count). The van der Waals surface area contributed by atoms with Gasteiger partial charge in [-0.2, -0.15) is 4.98 Å². The highest BCUT2D eigenvalue weighted by Crippen LogP contribution is 2.52. The number of ether oxygens (including phenoxy) is 1. The van der Waals surface area contributed by atoms with Crippen molar-refractivity contribution in [3.63, 3.8) is 0 Å². The highest BCUT2D eigenvalue weighted by molar-refractivity contribution is 8.01. The van der Waals surface area contributed by atoms with Crippen LogP contribution in [0.2, 0.25) is 0 Å². The van der Waals surface area contributed by atoms with Crippen molar-refractivity contribution in [1.29, 1.82) is 0 Å². The standard InChI is InChI=1S/C14H18N5O9PS2/c1-2-31(24,25)4-3-30-14-16-7-10(17-13(15)18-11(7)21)19(14)12-8(20)9-6(27-12)5-26-29(22,23)28-9/h2,6,8-9,12,20H,1,3-5H2,(H,22,23)(H3,15,17,18,21)/t6-,8-,9-,12-/m1/s1. The second-order valence-corrected chi connectivity index (χ2v) is 11.2. The van der Waals surface area contributed by atoms with E-state index >= 15 is 0 Å². The van der Waals surface area contributed by atoms with E-state index in [1.54, 1.807) is 0 Å². The molecule has 0 aliphatic carbocycles. The maximum Gasteiger partial charge on any atom is 0.472 e. The number of aliphatic hydroxyl groups excluding tert-OH is 1. The average molecular weight is 495 g/mol. The quantitative estimate of drug-likeness (QED) is 0.284. The molecule has 2 aromatic rings. The van der Waals surface area contributed by atoms with Crippen molar-refractivity contribution in [2.75, 3.05) is 23.8 Å². The molecule has 2 fully saturated rings. The third-order valence-corrected chi connectivity index (χ3v) is 8.09. The number of rotatable bonds is 6. The molecular weight excluding hydrogens is 477 g/mol. The van der Waals surface area contributed by atoms with E-state index in [4.69, 9.17) is 19.5 Å². The highest BCUT2D eigenvalue weighted by atomic mass is 32.2. The number of fused-ring (bicyclic) bond motifs is 2. The zero-order chi connectivity index (χ0) is 22.6. The first-order chi connectivity index (χ1) is 14.5. The Labute approximate surface area is 179 Å². The Morgan fingerprint density at radius 2 is 2.19 bits per heavy atom. The van der Waals surface area contributed by atoms with Gasteiger partial charge in [0.1, 0.15) is 18.3 Å². The van der Waals surface area contributed by atoms with Crippen molar-refractivity contribution in [3.05, 3.63) is 22.3 Å². The Morgan fingerprint density at radius 3 is 2.90 bits per heavy atom. The monoisotopic (exact) mass is 495 g/mol. The van der Waals surface area contributed by atoms with Crippen LogP contribution in [0.15, 0.2) is 21.9 Å². The van der Waals surface area contributed by atoms with Gasteiger partial charge in [-0.1, -0.05) is 18.3 Å². The summed E-state index contributed by atoms with van der Waals surface area (Å²) in [5, 5.41) is 11.7. The number of imidazole rings is 1. The molecule has 2 aromatic heterocycles. The van der Waals surface area contributed by atoms with Crippen molar-refractivity contribution in [1.82, 2.24) is 19.5 Å². The number of aliphatic hydroxyl groups is 1. The summed E-state index contributed by atoms with van der Waals surface area (Å²) in [5.74, 6) is -0.416. The third kappa shape index (κ3) is 4.29. The van der Waals surface area contributed by atoms with E-state index < -0.39 is 47.8 Å². The minimum Gasteiger partial charge on any atom is -0.386 e. The highest BCUT2D eigenvalue weighted by Gasteiger charge is 2.53. The first-order valence-electron chi connectivity index (χ1n) is 8.76. The Morgan fingerprint density at radius 1 is 1.45 bits per heavy atom. The van der Waals surface area contributed by atoms with Crippen LogP contribution in [0.25, 0.3) is 11.2 Å². The lowest BCUT2D eigenvalue weighted by molar-refractivity contribution is -0.0684. The molecule has 17 heteroatoms. The molecule has 4 heterocycles. The average Bonchev–Trinajstić information content (AvgIpc) is 3.19. The summed E-state index contributed by atoms with van der Waals surface area (Å²) in [4.78, 5) is 32.4. The third-order valence-electron chi connectivity index (χ3n) is 4.61. The molecule has 5 atom stereocenters. The SMILES string of the molecule is C=CS(=O)(=O)CCSc1nc2c(=O)[nH]c(N)nc2n1[C@@H]1O[C@@H]2COP(=O)(O)O[C@H]2[C@H]1O. The molecule has 2 saturated heterocycles. The summed E-state index contributed by atoms with van der Waals surface area (Å²) in [5.41, 5.74) is 4.86. The molecule has 170 valence electrons. The Bertz CT molecular complexity index is 1240. The van der Waals surface area contributed by atoms with E-state index in [9.17, 15) is 27.8 Å². The second kappa shape index (κ2) is 7.97. The van der Waals surface area contributed by atoms with Gasteiger partial charge in [0.05, 0.1) is 12.4 Å². The van der Waals surface area contributed by atoms with Crippen LogP contribution in [0.4, 0.5) is 5.95 Å². The summed E-state index contributed by atoms with van der Waals surface area (Å²) >= 11 is 0.976. The summed E-state index contributed by atoms with van der Waals surface area (Å²) in [6.45, 7) is 2.94. The Hall–Kier alpha value is -1.78. The molecule has 31 heavy (non-hydrogen) atoms. The lowest BCUT2D eigenvalue weighted by Gasteiger charge is -2.27. The number of anilines is 1. The van der Waals surface area contributed by atoms with Crippen LogP contribution < -0.4 is 11.3 Å². The van der Waals surface area contributed by atoms with E-state index in [-0.39, 0.29) is 40.4 Å². The minimum atomic E-state index is -4.35. The zero-order valence-corrected chi connectivity index (χ0v) is 18.2. The van der Waals surface area contributed by atoms with Crippen LogP contribution >= 0.6 is 19.6 Å². The number of phosphoric ester groups is 1. The largest absolute Gasteiger partial charge is 0.472 e. The number of aromatic amines is 1. The van der Waals surface area contributed by atoms with Gasteiger partial charge in [-0.15, -0.1) is 0 Å². The topological polar surface area (TPSA) is 209 Å². The number of phosphoric acid groups is 1. The second-order valence-electron chi connectivity index (χ2n) is 6.66. The van der Waals surface area contributed by atoms with Crippen LogP contribution in [0.3, 0.4) is 0 Å². The molecule has 5 N–H and O–H groups in total. The van der Waals surface area contributed by atoms with Crippen molar-refractivity contribution >= 4 is 46.5 Å². The number of thioether (sulfide) groups is 1. The number of hydrogen-bond acceptors (Lipinski definition) is 12. The van der Waals surface area contributed by atoms with Crippen LogP contribution in [0.1, 0.15) is 6.23 Å². The summed E-state index contributed by atoms with van der Waals surface area (Å²) in [7, 11) is -7.83. The molecule has 0 spiro atoms. The van der Waals surface area contributed by atoms with Crippen LogP contribution in [-0.4, -0.2) is 74.4 Å². The molecule has 0 aromatic carbocycles. The fourth-order valence-electron chi connectivity index (χ4n) is 3.19. The Balaban J connectivity index is 1.74. The molecule has 2 aliphatic heterocycles. The number of hydrogen-bond donors (Lipinski definition) is 4. The van der Waals surface area contributed by atoms with Crippen LogP contribution in [-0.2, 0) is 28.2 Å². The molecule has 0 radical (unpaired) electrons. The minimum absolute atomic E-state index is 0.0221. The lowest BCUT2D eigenvalue weighted by Crippen LogP contribution is -2.39. The summed E-state index contributed by atoms with van der Waals surface area (Å²) in [6.07, 6.45) is -4.75. The predicted molar refractivity (Wildman–Crippen MR) is 108 cm³/mol. The van der Waals surface area contributed by atoms with Gasteiger partial charge in [0.15, 0.2) is 32.4 Å². The van der Waals surface area contributed by atoms with Crippen molar-refractivity contribution in [3.8, 4) is 0 Å². The molecule has 0 bridgehead atoms. The van der Waals surface area contributed by atoms with Crippen LogP contribution in [0, 0.1) is 0 Å². The van der Waals surface area contributed by atoms with Gasteiger partial charge in [0, 0.05) is 11.2 Å². The van der Waals surface area contributed by atoms with E-state index in [0.717, 1.165) is 17.2 Å². The van der Waals surface area contributed by atoms with Gasteiger partial charge < -0.3 is 20.5 Å². The smallest absolute Gasteiger partial charge is 0.386 e. The molecule has 14 nitrogen and oxygen atoms in total. The van der Waals surface area contributed by atoms with Gasteiger partial charge in [-0.05, 0) is 0 Å². The van der Waals surface area contributed by atoms with Crippen molar-refractivity contribution in [2.45, 2.75) is 29.7 Å². The van der Waals surface area contributed by atoms with Crippen molar-refractivity contribution in [2.24, 2.45) is 0 Å².